The van der Waals surface area contributed by atoms with E-state index in [1.54, 1.807) is 12.1 Å². The fraction of sp³-hybridized carbons (Fsp3) is 0.462. The van der Waals surface area contributed by atoms with E-state index in [4.69, 9.17) is 0 Å². The van der Waals surface area contributed by atoms with Crippen molar-refractivity contribution < 1.29 is 9.90 Å². The van der Waals surface area contributed by atoms with Crippen LogP contribution in [0.1, 0.15) is 28.8 Å². The molecule has 1 atom stereocenters. The molecule has 1 aromatic carbocycles. The Hall–Kier alpha value is -0.870. The van der Waals surface area contributed by atoms with Crippen LogP contribution in [0.2, 0.25) is 0 Å². The molecule has 0 aliphatic heterocycles. The van der Waals surface area contributed by atoms with Crippen molar-refractivity contribution in [3.05, 3.63) is 35.4 Å². The number of hydrogen-bond donors (Lipinski definition) is 2. The molecular formula is C13H16BrNO2. The van der Waals surface area contributed by atoms with Crippen molar-refractivity contribution in [1.82, 2.24) is 5.32 Å². The second-order valence-corrected chi connectivity index (χ2v) is 5.01. The topological polar surface area (TPSA) is 49.3 Å². The van der Waals surface area contributed by atoms with E-state index in [1.807, 2.05) is 12.1 Å². The fourth-order valence-electron chi connectivity index (χ4n) is 1.69. The zero-order valence-corrected chi connectivity index (χ0v) is 11.1. The summed E-state index contributed by atoms with van der Waals surface area (Å²) in [4.78, 5) is 11.8. The molecule has 1 saturated carbocycles. The summed E-state index contributed by atoms with van der Waals surface area (Å²) >= 11 is 3.36. The molecule has 1 aromatic rings. The van der Waals surface area contributed by atoms with Gasteiger partial charge >= 0.3 is 0 Å². The predicted molar refractivity (Wildman–Crippen MR) is 70.1 cm³/mol. The third-order valence-electron chi connectivity index (χ3n) is 3.01. The highest BCUT2D eigenvalue weighted by Crippen LogP contribution is 2.32. The van der Waals surface area contributed by atoms with Crippen LogP contribution in [0, 0.1) is 5.92 Å². The largest absolute Gasteiger partial charge is 0.391 e. The minimum Gasteiger partial charge on any atom is -0.391 e. The number of halogens is 1. The first kappa shape index (κ1) is 12.6. The van der Waals surface area contributed by atoms with Gasteiger partial charge in [0.1, 0.15) is 0 Å². The Labute approximate surface area is 109 Å². The number of nitrogens with one attached hydrogen (secondary N) is 1. The number of carbonyl (C=O) groups is 1. The van der Waals surface area contributed by atoms with Gasteiger partial charge < -0.3 is 10.4 Å². The molecule has 0 bridgehead atoms. The van der Waals surface area contributed by atoms with Gasteiger partial charge in [-0.25, -0.2) is 0 Å². The van der Waals surface area contributed by atoms with Crippen molar-refractivity contribution >= 4 is 21.8 Å². The van der Waals surface area contributed by atoms with Crippen LogP contribution < -0.4 is 5.32 Å². The summed E-state index contributed by atoms with van der Waals surface area (Å²) in [6.45, 7) is 0.351. The average molecular weight is 298 g/mol. The standard InChI is InChI=1S/C13H16BrNO2/c14-7-9-1-3-11(4-2-9)13(17)15-8-12(16)10-5-6-10/h1-4,10,12,16H,5-8H2,(H,15,17). The molecule has 2 rings (SSSR count). The van der Waals surface area contributed by atoms with E-state index in [0.717, 1.165) is 23.7 Å². The molecule has 1 aliphatic carbocycles. The van der Waals surface area contributed by atoms with Crippen molar-refractivity contribution in [1.29, 1.82) is 0 Å². The van der Waals surface area contributed by atoms with Crippen molar-refractivity contribution in [2.75, 3.05) is 6.54 Å². The molecule has 0 heterocycles. The summed E-state index contributed by atoms with van der Waals surface area (Å²) in [6, 6.07) is 7.44. The van der Waals surface area contributed by atoms with E-state index in [0.29, 0.717) is 18.0 Å². The lowest BCUT2D eigenvalue weighted by Crippen LogP contribution is -2.33. The average Bonchev–Trinajstić information content (AvgIpc) is 3.20. The second kappa shape index (κ2) is 5.65. The van der Waals surface area contributed by atoms with Crippen LogP contribution in [0.15, 0.2) is 24.3 Å². The van der Waals surface area contributed by atoms with Crippen LogP contribution in [0.25, 0.3) is 0 Å². The molecule has 0 radical (unpaired) electrons. The number of amides is 1. The van der Waals surface area contributed by atoms with Gasteiger partial charge in [0.05, 0.1) is 6.10 Å². The van der Waals surface area contributed by atoms with Gasteiger partial charge in [-0.3, -0.25) is 4.79 Å². The zero-order chi connectivity index (χ0) is 12.3. The Morgan fingerprint density at radius 1 is 1.41 bits per heavy atom. The maximum Gasteiger partial charge on any atom is 0.251 e. The van der Waals surface area contributed by atoms with E-state index in [2.05, 4.69) is 21.2 Å². The lowest BCUT2D eigenvalue weighted by atomic mass is 10.1. The van der Waals surface area contributed by atoms with Gasteiger partial charge in [0, 0.05) is 17.4 Å². The quantitative estimate of drug-likeness (QED) is 0.818. The van der Waals surface area contributed by atoms with E-state index >= 15 is 0 Å². The van der Waals surface area contributed by atoms with Gasteiger partial charge in [-0.2, -0.15) is 0 Å². The Morgan fingerprint density at radius 3 is 2.59 bits per heavy atom. The molecule has 1 unspecified atom stereocenters. The Balaban J connectivity index is 1.85. The molecule has 0 aromatic heterocycles. The summed E-state index contributed by atoms with van der Waals surface area (Å²) in [7, 11) is 0. The predicted octanol–water partition coefficient (Wildman–Crippen LogP) is 2.08. The number of benzene rings is 1. The van der Waals surface area contributed by atoms with Gasteiger partial charge in [0.15, 0.2) is 0 Å². The number of alkyl halides is 1. The molecular weight excluding hydrogens is 282 g/mol. The first-order chi connectivity index (χ1) is 8.20. The van der Waals surface area contributed by atoms with Gasteiger partial charge in [-0.1, -0.05) is 28.1 Å². The lowest BCUT2D eigenvalue weighted by molar-refractivity contribution is 0.0901. The second-order valence-electron chi connectivity index (χ2n) is 4.45. The number of rotatable bonds is 5. The lowest BCUT2D eigenvalue weighted by Gasteiger charge is -2.10. The number of hydrogen-bond acceptors (Lipinski definition) is 2. The van der Waals surface area contributed by atoms with E-state index < -0.39 is 0 Å². The Morgan fingerprint density at radius 2 is 2.06 bits per heavy atom. The number of aliphatic hydroxyl groups is 1. The third-order valence-corrected chi connectivity index (χ3v) is 3.66. The Kier molecular flexibility index (Phi) is 4.18. The van der Waals surface area contributed by atoms with Crippen molar-refractivity contribution in [3.63, 3.8) is 0 Å². The maximum absolute atomic E-state index is 11.8. The first-order valence-electron chi connectivity index (χ1n) is 5.82. The minimum absolute atomic E-state index is 0.120. The highest BCUT2D eigenvalue weighted by Gasteiger charge is 2.29. The fourth-order valence-corrected chi connectivity index (χ4v) is 2.07. The summed E-state index contributed by atoms with van der Waals surface area (Å²) < 4.78 is 0. The van der Waals surface area contributed by atoms with Crippen LogP contribution >= 0.6 is 15.9 Å². The molecule has 4 heteroatoms. The number of aliphatic hydroxyl groups excluding tert-OH is 1. The maximum atomic E-state index is 11.8. The van der Waals surface area contributed by atoms with Crippen LogP contribution in [0.5, 0.6) is 0 Å². The summed E-state index contributed by atoms with van der Waals surface area (Å²) in [5.41, 5.74) is 1.78. The number of carbonyl (C=O) groups excluding carboxylic acids is 1. The molecule has 1 fully saturated rings. The molecule has 1 amide bonds. The highest BCUT2D eigenvalue weighted by atomic mass is 79.9. The molecule has 2 N–H and O–H groups in total. The molecule has 0 saturated heterocycles. The SMILES string of the molecule is O=C(NCC(O)C1CC1)c1ccc(CBr)cc1. The highest BCUT2D eigenvalue weighted by molar-refractivity contribution is 9.08. The normalized spacial score (nSPS) is 16.6. The molecule has 92 valence electrons. The van der Waals surface area contributed by atoms with Gasteiger partial charge in [-0.15, -0.1) is 0 Å². The van der Waals surface area contributed by atoms with Crippen molar-refractivity contribution in [2.24, 2.45) is 5.92 Å². The van der Waals surface area contributed by atoms with Crippen molar-refractivity contribution in [3.8, 4) is 0 Å². The summed E-state index contributed by atoms with van der Waals surface area (Å²) in [5, 5.41) is 13.2. The van der Waals surface area contributed by atoms with E-state index in [-0.39, 0.29) is 12.0 Å². The smallest absolute Gasteiger partial charge is 0.251 e. The molecule has 1 aliphatic rings. The Bertz CT molecular complexity index is 387. The minimum atomic E-state index is -0.388. The third kappa shape index (κ3) is 3.54. The zero-order valence-electron chi connectivity index (χ0n) is 9.53. The van der Waals surface area contributed by atoms with Gasteiger partial charge in [0.2, 0.25) is 0 Å². The van der Waals surface area contributed by atoms with Gasteiger partial charge in [-0.05, 0) is 36.5 Å². The monoisotopic (exact) mass is 297 g/mol. The molecule has 3 nitrogen and oxygen atoms in total. The summed E-state index contributed by atoms with van der Waals surface area (Å²) in [5.74, 6) is 0.275. The van der Waals surface area contributed by atoms with E-state index in [9.17, 15) is 9.90 Å². The van der Waals surface area contributed by atoms with Crippen LogP contribution in [0.4, 0.5) is 0 Å². The first-order valence-corrected chi connectivity index (χ1v) is 6.94. The van der Waals surface area contributed by atoms with E-state index in [1.165, 1.54) is 0 Å². The van der Waals surface area contributed by atoms with Crippen molar-refractivity contribution in [2.45, 2.75) is 24.3 Å². The van der Waals surface area contributed by atoms with Crippen LogP contribution in [-0.4, -0.2) is 23.7 Å². The molecule has 17 heavy (non-hydrogen) atoms. The van der Waals surface area contributed by atoms with Gasteiger partial charge in [0.25, 0.3) is 5.91 Å². The molecule has 0 spiro atoms. The van der Waals surface area contributed by atoms with Crippen LogP contribution in [-0.2, 0) is 5.33 Å². The van der Waals surface area contributed by atoms with Crippen LogP contribution in [0.3, 0.4) is 0 Å². The summed E-state index contributed by atoms with van der Waals surface area (Å²) in [6.07, 6.45) is 1.77.